The molecule has 0 bridgehead atoms. The fraction of sp³-hybridized carbons (Fsp3) is 0.261. The number of carbonyl (C=O) groups is 1. The summed E-state index contributed by atoms with van der Waals surface area (Å²) in [5.74, 6) is 0.174. The molecule has 2 aromatic heterocycles. The molecule has 1 N–H and O–H groups in total. The van der Waals surface area contributed by atoms with Gasteiger partial charge in [-0.3, -0.25) is 4.79 Å². The molecule has 2 aromatic carbocycles. The number of aromatic nitrogens is 2. The van der Waals surface area contributed by atoms with Crippen molar-refractivity contribution < 1.29 is 9.18 Å². The molecule has 5 rings (SSSR count). The van der Waals surface area contributed by atoms with Gasteiger partial charge in [0.2, 0.25) is 0 Å². The van der Waals surface area contributed by atoms with Crippen molar-refractivity contribution in [3.8, 4) is 0 Å². The topological polar surface area (TPSA) is 39.0 Å². The van der Waals surface area contributed by atoms with E-state index in [1.165, 1.54) is 24.4 Å². The van der Waals surface area contributed by atoms with E-state index in [1.54, 1.807) is 19.1 Å². The van der Waals surface area contributed by atoms with Gasteiger partial charge >= 0.3 is 0 Å². The lowest BCUT2D eigenvalue weighted by Crippen LogP contribution is -2.15. The van der Waals surface area contributed by atoms with E-state index in [9.17, 15) is 9.18 Å². The van der Waals surface area contributed by atoms with E-state index < -0.39 is 0 Å². The Morgan fingerprint density at radius 2 is 1.93 bits per heavy atom. The van der Waals surface area contributed by atoms with Gasteiger partial charge in [-0.05, 0) is 55.5 Å². The number of nitrogens with zero attached hydrogens (tertiary/aromatic N) is 2. The summed E-state index contributed by atoms with van der Waals surface area (Å²) in [6.07, 6.45) is 2.54. The van der Waals surface area contributed by atoms with Crippen LogP contribution in [0.15, 0.2) is 48.5 Å². The number of anilines is 1. The molecule has 1 saturated carbocycles. The van der Waals surface area contributed by atoms with Gasteiger partial charge in [0.25, 0.3) is 5.91 Å². The van der Waals surface area contributed by atoms with Gasteiger partial charge in [-0.1, -0.05) is 24.3 Å². The minimum absolute atomic E-state index is 0.232. The van der Waals surface area contributed by atoms with Gasteiger partial charge in [-0.2, -0.15) is 0 Å². The fourth-order valence-corrected chi connectivity index (χ4v) is 3.99. The Balaban J connectivity index is 1.59. The van der Waals surface area contributed by atoms with Gasteiger partial charge in [0.15, 0.2) is 0 Å². The van der Waals surface area contributed by atoms with Crippen LogP contribution in [0, 0.1) is 18.7 Å². The summed E-state index contributed by atoms with van der Waals surface area (Å²) in [6.45, 7) is 2.69. The molecule has 1 amide bonds. The third-order valence-corrected chi connectivity index (χ3v) is 5.75. The quantitative estimate of drug-likeness (QED) is 0.520. The Morgan fingerprint density at radius 1 is 1.14 bits per heavy atom. The number of rotatable bonds is 4. The molecule has 4 nitrogen and oxygen atoms in total. The summed E-state index contributed by atoms with van der Waals surface area (Å²) in [5.41, 5.74) is 4.95. The van der Waals surface area contributed by atoms with Gasteiger partial charge in [0.1, 0.15) is 11.5 Å². The van der Waals surface area contributed by atoms with Gasteiger partial charge in [-0.25, -0.2) is 4.39 Å². The number of hydrogen-bond donors (Lipinski definition) is 1. The van der Waals surface area contributed by atoms with Crippen LogP contribution in [0.3, 0.4) is 0 Å². The molecule has 0 aliphatic heterocycles. The number of fused-ring (bicyclic) bond motifs is 3. The number of hydrogen-bond acceptors (Lipinski definition) is 1. The van der Waals surface area contributed by atoms with E-state index in [1.807, 2.05) is 23.7 Å². The van der Waals surface area contributed by atoms with Crippen LogP contribution in [0.2, 0.25) is 0 Å². The molecular weight excluding hydrogens is 353 g/mol. The standard InChI is InChI=1S/C23H22FN3O/c1-14-7-10-16(11-18(14)24)25-23(28)21-12-20-22(26(21)2)17-5-3-4-6-19(17)27(20)13-15-8-9-15/h3-7,10-12,15H,8-9,13H2,1-2H3,(H,25,28). The SMILES string of the molecule is Cc1ccc(NC(=O)c2cc3c(c4ccccc4n3CC3CC3)n2C)cc1F. The summed E-state index contributed by atoms with van der Waals surface area (Å²) in [6, 6.07) is 15.1. The van der Waals surface area contributed by atoms with Crippen molar-refractivity contribution in [3.05, 3.63) is 65.6 Å². The largest absolute Gasteiger partial charge is 0.339 e. The number of para-hydroxylation sites is 1. The van der Waals surface area contributed by atoms with Crippen molar-refractivity contribution in [2.24, 2.45) is 13.0 Å². The Bertz CT molecular complexity index is 1230. The summed E-state index contributed by atoms with van der Waals surface area (Å²) in [4.78, 5) is 12.9. The van der Waals surface area contributed by atoms with Gasteiger partial charge < -0.3 is 14.5 Å². The molecule has 0 spiro atoms. The lowest BCUT2D eigenvalue weighted by molar-refractivity contribution is 0.101. The Labute approximate surface area is 162 Å². The highest BCUT2D eigenvalue weighted by Gasteiger charge is 2.26. The number of benzene rings is 2. The summed E-state index contributed by atoms with van der Waals surface area (Å²) < 4.78 is 18.1. The summed E-state index contributed by atoms with van der Waals surface area (Å²) in [7, 11) is 1.92. The van der Waals surface area contributed by atoms with E-state index in [2.05, 4.69) is 28.1 Å². The molecule has 0 atom stereocenters. The van der Waals surface area contributed by atoms with Gasteiger partial charge in [0.05, 0.1) is 16.6 Å². The third-order valence-electron chi connectivity index (χ3n) is 5.75. The lowest BCUT2D eigenvalue weighted by atomic mass is 10.2. The molecule has 4 aromatic rings. The van der Waals surface area contributed by atoms with Crippen LogP contribution in [0.25, 0.3) is 21.9 Å². The van der Waals surface area contributed by atoms with Crippen molar-refractivity contribution in [2.75, 3.05) is 5.32 Å². The Hall–Kier alpha value is -3.08. The number of nitrogens with one attached hydrogen (secondary N) is 1. The molecular formula is C23H22FN3O. The highest BCUT2D eigenvalue weighted by molar-refractivity contribution is 6.12. The predicted molar refractivity (Wildman–Crippen MR) is 110 cm³/mol. The average molecular weight is 375 g/mol. The van der Waals surface area contributed by atoms with Crippen LogP contribution in [-0.4, -0.2) is 15.0 Å². The van der Waals surface area contributed by atoms with Crippen molar-refractivity contribution in [1.29, 1.82) is 0 Å². The highest BCUT2D eigenvalue weighted by atomic mass is 19.1. The van der Waals surface area contributed by atoms with Crippen LogP contribution in [-0.2, 0) is 13.6 Å². The molecule has 1 aliphatic carbocycles. The second-order valence-electron chi connectivity index (χ2n) is 7.81. The first kappa shape index (κ1) is 17.0. The molecule has 142 valence electrons. The zero-order chi connectivity index (χ0) is 19.4. The maximum absolute atomic E-state index is 13.8. The van der Waals surface area contributed by atoms with Crippen molar-refractivity contribution in [2.45, 2.75) is 26.3 Å². The first-order chi connectivity index (χ1) is 13.5. The number of halogens is 1. The molecule has 0 radical (unpaired) electrons. The van der Waals surface area contributed by atoms with E-state index in [0.29, 0.717) is 16.9 Å². The van der Waals surface area contributed by atoms with Crippen LogP contribution >= 0.6 is 0 Å². The fourth-order valence-electron chi connectivity index (χ4n) is 3.99. The van der Waals surface area contributed by atoms with Crippen molar-refractivity contribution in [3.63, 3.8) is 0 Å². The molecule has 5 heteroatoms. The van der Waals surface area contributed by atoms with Crippen LogP contribution < -0.4 is 5.32 Å². The maximum Gasteiger partial charge on any atom is 0.272 e. The van der Waals surface area contributed by atoms with Crippen molar-refractivity contribution >= 4 is 33.5 Å². The van der Waals surface area contributed by atoms with Gasteiger partial charge in [-0.15, -0.1) is 0 Å². The maximum atomic E-state index is 13.8. The van der Waals surface area contributed by atoms with Crippen LogP contribution in [0.4, 0.5) is 10.1 Å². The second-order valence-corrected chi connectivity index (χ2v) is 7.81. The van der Waals surface area contributed by atoms with Crippen molar-refractivity contribution in [1.82, 2.24) is 9.13 Å². The zero-order valence-electron chi connectivity index (χ0n) is 16.0. The lowest BCUT2D eigenvalue weighted by Gasteiger charge is -2.08. The first-order valence-corrected chi connectivity index (χ1v) is 9.67. The Morgan fingerprint density at radius 3 is 2.68 bits per heavy atom. The molecule has 1 aliphatic rings. The average Bonchev–Trinajstić information content (AvgIpc) is 3.36. The third kappa shape index (κ3) is 2.70. The Kier molecular flexibility index (Phi) is 3.79. The molecule has 0 unspecified atom stereocenters. The number of amides is 1. The zero-order valence-corrected chi connectivity index (χ0v) is 16.0. The summed E-state index contributed by atoms with van der Waals surface area (Å²) in [5, 5.41) is 3.98. The second kappa shape index (κ2) is 6.23. The number of carbonyl (C=O) groups excluding carboxylic acids is 1. The normalized spacial score (nSPS) is 14.1. The minimum Gasteiger partial charge on any atom is -0.339 e. The molecule has 2 heterocycles. The summed E-state index contributed by atoms with van der Waals surface area (Å²) >= 11 is 0. The number of aryl methyl sites for hydroxylation is 2. The molecule has 28 heavy (non-hydrogen) atoms. The first-order valence-electron chi connectivity index (χ1n) is 9.67. The van der Waals surface area contributed by atoms with E-state index in [4.69, 9.17) is 0 Å². The minimum atomic E-state index is -0.322. The van der Waals surface area contributed by atoms with Gasteiger partial charge in [0, 0.05) is 24.7 Å². The monoisotopic (exact) mass is 375 g/mol. The molecule has 0 saturated heterocycles. The van der Waals surface area contributed by atoms with Crippen LogP contribution in [0.1, 0.15) is 28.9 Å². The van der Waals surface area contributed by atoms with E-state index in [0.717, 1.165) is 28.9 Å². The smallest absolute Gasteiger partial charge is 0.272 e. The van der Waals surface area contributed by atoms with E-state index >= 15 is 0 Å². The van der Waals surface area contributed by atoms with Crippen LogP contribution in [0.5, 0.6) is 0 Å². The predicted octanol–water partition coefficient (Wildman–Crippen LogP) is 5.24. The molecule has 1 fully saturated rings. The van der Waals surface area contributed by atoms with E-state index in [-0.39, 0.29) is 11.7 Å². The highest BCUT2D eigenvalue weighted by Crippen LogP contribution is 2.37.